The minimum atomic E-state index is -0.219. The van der Waals surface area contributed by atoms with Crippen LogP contribution in [0.5, 0.6) is 5.75 Å². The van der Waals surface area contributed by atoms with E-state index in [0.717, 1.165) is 23.6 Å². The molecular weight excluding hydrogens is 256 g/mol. The smallest absolute Gasteiger partial charge is 0.305 e. The molecule has 0 bridgehead atoms. The number of carbonyl (C=O) groups excluding carboxylic acids is 1. The van der Waals surface area contributed by atoms with Crippen molar-refractivity contribution in [3.05, 3.63) is 23.5 Å². The maximum atomic E-state index is 11.0. The number of rotatable bonds is 8. The highest BCUT2D eigenvalue weighted by Crippen LogP contribution is 2.19. The molecule has 0 fully saturated rings. The highest BCUT2D eigenvalue weighted by atomic mass is 16.5. The van der Waals surface area contributed by atoms with Crippen LogP contribution in [0.4, 0.5) is 0 Å². The monoisotopic (exact) mass is 280 g/mol. The molecule has 0 radical (unpaired) electrons. The first-order valence-corrected chi connectivity index (χ1v) is 6.98. The first kappa shape index (κ1) is 16.4. The number of nitrogens with zero attached hydrogens (tertiary/aromatic N) is 1. The summed E-state index contributed by atoms with van der Waals surface area (Å²) in [5, 5.41) is 0. The second-order valence-corrected chi connectivity index (χ2v) is 4.80. The fourth-order valence-corrected chi connectivity index (χ4v) is 1.77. The summed E-state index contributed by atoms with van der Waals surface area (Å²) < 4.78 is 10.3. The Morgan fingerprint density at radius 1 is 1.45 bits per heavy atom. The molecule has 0 aromatic carbocycles. The predicted molar refractivity (Wildman–Crippen MR) is 77.7 cm³/mol. The van der Waals surface area contributed by atoms with Gasteiger partial charge >= 0.3 is 5.97 Å². The molecule has 1 atom stereocenters. The summed E-state index contributed by atoms with van der Waals surface area (Å²) in [5.41, 5.74) is 7.82. The number of pyridine rings is 1. The van der Waals surface area contributed by atoms with Crippen molar-refractivity contribution in [2.75, 3.05) is 13.7 Å². The van der Waals surface area contributed by atoms with Gasteiger partial charge in [-0.1, -0.05) is 6.92 Å². The zero-order chi connectivity index (χ0) is 15.0. The number of hydrogen-bond acceptors (Lipinski definition) is 5. The second kappa shape index (κ2) is 8.53. The average Bonchev–Trinajstić information content (AvgIpc) is 2.44. The lowest BCUT2D eigenvalue weighted by Gasteiger charge is -2.14. The lowest BCUT2D eigenvalue weighted by molar-refractivity contribution is -0.140. The van der Waals surface area contributed by atoms with Gasteiger partial charge in [0.1, 0.15) is 5.75 Å². The Morgan fingerprint density at radius 3 is 2.85 bits per heavy atom. The van der Waals surface area contributed by atoms with Crippen LogP contribution in [-0.2, 0) is 16.0 Å². The van der Waals surface area contributed by atoms with Crippen LogP contribution >= 0.6 is 0 Å². The minimum absolute atomic E-state index is 0.0849. The largest absolute Gasteiger partial charge is 0.492 e. The van der Waals surface area contributed by atoms with Crippen molar-refractivity contribution in [1.29, 1.82) is 0 Å². The van der Waals surface area contributed by atoms with Crippen molar-refractivity contribution in [2.45, 2.75) is 45.6 Å². The summed E-state index contributed by atoms with van der Waals surface area (Å²) in [6.45, 7) is 4.47. The van der Waals surface area contributed by atoms with Gasteiger partial charge < -0.3 is 15.2 Å². The number of carbonyl (C=O) groups is 1. The van der Waals surface area contributed by atoms with E-state index in [1.165, 1.54) is 7.11 Å². The van der Waals surface area contributed by atoms with Crippen LogP contribution in [0, 0.1) is 6.92 Å². The quantitative estimate of drug-likeness (QED) is 0.582. The standard InChI is InChI=1S/C15H24N2O3/c1-4-12(16)10-13-14(8-7-11(2)17-13)20-9-5-6-15(18)19-3/h7-8,12H,4-6,9-10,16H2,1-3H3. The van der Waals surface area contributed by atoms with Crippen LogP contribution in [-0.4, -0.2) is 30.7 Å². The molecule has 1 heterocycles. The third kappa shape index (κ3) is 5.57. The van der Waals surface area contributed by atoms with Crippen molar-refractivity contribution in [2.24, 2.45) is 5.73 Å². The molecule has 0 saturated carbocycles. The molecule has 0 spiro atoms. The Hall–Kier alpha value is -1.62. The summed E-state index contributed by atoms with van der Waals surface area (Å²) in [7, 11) is 1.39. The van der Waals surface area contributed by atoms with E-state index in [1.807, 2.05) is 19.1 Å². The van der Waals surface area contributed by atoms with Gasteiger partial charge in [0.2, 0.25) is 0 Å². The van der Waals surface area contributed by atoms with Crippen LogP contribution in [0.1, 0.15) is 37.6 Å². The second-order valence-electron chi connectivity index (χ2n) is 4.80. The van der Waals surface area contributed by atoms with Crippen molar-refractivity contribution in [3.8, 4) is 5.75 Å². The molecule has 5 heteroatoms. The number of aromatic nitrogens is 1. The molecule has 1 unspecified atom stereocenters. The Kier molecular flexibility index (Phi) is 7.01. The Balaban J connectivity index is 2.57. The molecule has 1 rings (SSSR count). The van der Waals surface area contributed by atoms with E-state index < -0.39 is 0 Å². The summed E-state index contributed by atoms with van der Waals surface area (Å²) in [5.74, 6) is 0.535. The highest BCUT2D eigenvalue weighted by Gasteiger charge is 2.10. The van der Waals surface area contributed by atoms with Crippen LogP contribution < -0.4 is 10.5 Å². The van der Waals surface area contributed by atoms with E-state index in [2.05, 4.69) is 16.6 Å². The van der Waals surface area contributed by atoms with Gasteiger partial charge in [-0.25, -0.2) is 0 Å². The van der Waals surface area contributed by atoms with Crippen molar-refractivity contribution in [3.63, 3.8) is 0 Å². The Morgan fingerprint density at radius 2 is 2.20 bits per heavy atom. The van der Waals surface area contributed by atoms with Gasteiger partial charge in [-0.05, 0) is 31.9 Å². The molecule has 0 aliphatic carbocycles. The maximum absolute atomic E-state index is 11.0. The number of hydrogen-bond donors (Lipinski definition) is 1. The molecule has 0 aliphatic rings. The van der Waals surface area contributed by atoms with Gasteiger partial charge in [-0.2, -0.15) is 0 Å². The zero-order valence-electron chi connectivity index (χ0n) is 12.5. The molecule has 1 aromatic rings. The molecule has 2 N–H and O–H groups in total. The summed E-state index contributed by atoms with van der Waals surface area (Å²) >= 11 is 0. The number of aryl methyl sites for hydroxylation is 1. The van der Waals surface area contributed by atoms with Gasteiger partial charge in [0.15, 0.2) is 0 Å². The molecule has 0 saturated heterocycles. The summed E-state index contributed by atoms with van der Waals surface area (Å²) in [6, 6.07) is 3.91. The third-order valence-corrected chi connectivity index (χ3v) is 3.06. The van der Waals surface area contributed by atoms with E-state index >= 15 is 0 Å². The Labute approximate surface area is 120 Å². The van der Waals surface area contributed by atoms with Crippen LogP contribution in [0.3, 0.4) is 0 Å². The first-order chi connectivity index (χ1) is 9.56. The lowest BCUT2D eigenvalue weighted by atomic mass is 10.1. The van der Waals surface area contributed by atoms with Gasteiger partial charge in [-0.15, -0.1) is 0 Å². The molecule has 1 aromatic heterocycles. The molecular formula is C15H24N2O3. The van der Waals surface area contributed by atoms with E-state index in [0.29, 0.717) is 25.9 Å². The molecule has 0 aliphatic heterocycles. The maximum Gasteiger partial charge on any atom is 0.305 e. The number of nitrogens with two attached hydrogens (primary N) is 1. The number of methoxy groups -OCH3 is 1. The van der Waals surface area contributed by atoms with Crippen molar-refractivity contribution in [1.82, 2.24) is 4.98 Å². The van der Waals surface area contributed by atoms with E-state index in [-0.39, 0.29) is 12.0 Å². The fraction of sp³-hybridized carbons (Fsp3) is 0.600. The SMILES string of the molecule is CCC(N)Cc1nc(C)ccc1OCCCC(=O)OC. The van der Waals surface area contributed by atoms with Crippen molar-refractivity contribution < 1.29 is 14.3 Å². The normalized spacial score (nSPS) is 12.0. The van der Waals surface area contributed by atoms with Crippen LogP contribution in [0.15, 0.2) is 12.1 Å². The number of esters is 1. The lowest BCUT2D eigenvalue weighted by Crippen LogP contribution is -2.22. The van der Waals surface area contributed by atoms with E-state index in [1.54, 1.807) is 0 Å². The van der Waals surface area contributed by atoms with Crippen molar-refractivity contribution >= 4 is 5.97 Å². The van der Waals surface area contributed by atoms with Gasteiger partial charge in [0.25, 0.3) is 0 Å². The topological polar surface area (TPSA) is 74.4 Å². The zero-order valence-corrected chi connectivity index (χ0v) is 12.5. The molecule has 5 nitrogen and oxygen atoms in total. The third-order valence-electron chi connectivity index (χ3n) is 3.06. The average molecular weight is 280 g/mol. The predicted octanol–water partition coefficient (Wildman–Crippen LogP) is 2.00. The van der Waals surface area contributed by atoms with E-state index in [9.17, 15) is 4.79 Å². The molecule has 0 amide bonds. The summed E-state index contributed by atoms with van der Waals surface area (Å²) in [6.07, 6.45) is 2.58. The minimum Gasteiger partial charge on any atom is -0.492 e. The molecule has 20 heavy (non-hydrogen) atoms. The van der Waals surface area contributed by atoms with Crippen LogP contribution in [0.25, 0.3) is 0 Å². The van der Waals surface area contributed by atoms with Crippen LogP contribution in [0.2, 0.25) is 0 Å². The van der Waals surface area contributed by atoms with Gasteiger partial charge in [0, 0.05) is 24.6 Å². The summed E-state index contributed by atoms with van der Waals surface area (Å²) in [4.78, 5) is 15.5. The van der Waals surface area contributed by atoms with E-state index in [4.69, 9.17) is 10.5 Å². The Bertz CT molecular complexity index is 435. The first-order valence-electron chi connectivity index (χ1n) is 6.98. The fourth-order valence-electron chi connectivity index (χ4n) is 1.77. The molecule has 112 valence electrons. The highest BCUT2D eigenvalue weighted by molar-refractivity contribution is 5.69. The van der Waals surface area contributed by atoms with Gasteiger partial charge in [-0.3, -0.25) is 9.78 Å². The number of ether oxygens (including phenoxy) is 2. The van der Waals surface area contributed by atoms with Gasteiger partial charge in [0.05, 0.1) is 19.4 Å².